The van der Waals surface area contributed by atoms with Gasteiger partial charge in [0, 0.05) is 37.9 Å². The van der Waals surface area contributed by atoms with Gasteiger partial charge in [-0.2, -0.15) is 21.4 Å². The number of hydrogen-bond acceptors (Lipinski definition) is 11. The van der Waals surface area contributed by atoms with Gasteiger partial charge >= 0.3 is 11.9 Å². The number of imide groups is 1. The van der Waals surface area contributed by atoms with E-state index in [1.54, 1.807) is 57.3 Å². The molecule has 1 aliphatic heterocycles. The molecule has 15 nitrogen and oxygen atoms in total. The number of ether oxygens (including phenoxy) is 1. The summed E-state index contributed by atoms with van der Waals surface area (Å²) in [7, 11) is -6.56. The van der Waals surface area contributed by atoms with E-state index >= 15 is 0 Å². The van der Waals surface area contributed by atoms with Crippen molar-refractivity contribution in [3.63, 3.8) is 0 Å². The SMILES string of the molecule is Cc1cc(C(=O)ON2C(=O)CCC2=O)cc(C)c1OC(=O)c1c2ccccc2[n+](CCCS(=O)(=O)O)c2ccc(CN(C)CCCS(=O)(=O)O)cc12. The Hall–Kier alpha value is -4.81. The molecule has 2 amide bonds. The van der Waals surface area contributed by atoms with Crippen molar-refractivity contribution < 1.29 is 59.3 Å². The molecule has 17 heteroatoms. The smallest absolute Gasteiger partial charge is 0.363 e. The lowest BCUT2D eigenvalue weighted by Crippen LogP contribution is -2.37. The molecule has 0 unspecified atom stereocenters. The van der Waals surface area contributed by atoms with Gasteiger partial charge in [0.1, 0.15) is 5.75 Å². The number of fused-ring (bicyclic) bond motifs is 2. The second-order valence-corrected chi connectivity index (χ2v) is 15.8. The Labute approximate surface area is 300 Å². The number of para-hydroxylation sites is 1. The summed E-state index contributed by atoms with van der Waals surface area (Å²) >= 11 is 0. The molecule has 0 aliphatic carbocycles. The molecule has 52 heavy (non-hydrogen) atoms. The highest BCUT2D eigenvalue weighted by atomic mass is 32.2. The number of esters is 1. The zero-order valence-corrected chi connectivity index (χ0v) is 30.3. The van der Waals surface area contributed by atoms with Crippen LogP contribution in [0.2, 0.25) is 0 Å². The van der Waals surface area contributed by atoms with Gasteiger partial charge in [0.2, 0.25) is 11.0 Å². The maximum absolute atomic E-state index is 14.3. The van der Waals surface area contributed by atoms with Crippen LogP contribution in [-0.4, -0.2) is 84.8 Å². The molecule has 2 heterocycles. The third-order valence-electron chi connectivity index (χ3n) is 8.54. The molecular formula is C35H38N3O12S2+. The first-order chi connectivity index (χ1) is 24.4. The summed E-state index contributed by atoms with van der Waals surface area (Å²) < 4.78 is 71.8. The predicted octanol–water partition coefficient (Wildman–Crippen LogP) is 3.32. The summed E-state index contributed by atoms with van der Waals surface area (Å²) in [5.74, 6) is -3.58. The van der Waals surface area contributed by atoms with Crippen LogP contribution in [0.5, 0.6) is 5.75 Å². The molecule has 0 spiro atoms. The number of pyridine rings is 1. The van der Waals surface area contributed by atoms with Crippen LogP contribution in [0.3, 0.4) is 0 Å². The normalized spacial score (nSPS) is 13.8. The largest absolute Gasteiger partial charge is 0.422 e. The predicted molar refractivity (Wildman–Crippen MR) is 187 cm³/mol. The Bertz CT molecular complexity index is 2290. The van der Waals surface area contributed by atoms with E-state index in [1.807, 2.05) is 15.5 Å². The molecule has 276 valence electrons. The van der Waals surface area contributed by atoms with Gasteiger partial charge in [0.25, 0.3) is 32.1 Å². The number of carbonyl (C=O) groups is 4. The Morgan fingerprint density at radius 1 is 0.827 bits per heavy atom. The molecule has 5 rings (SSSR count). The van der Waals surface area contributed by atoms with Crippen molar-refractivity contribution in [1.29, 1.82) is 0 Å². The van der Waals surface area contributed by atoms with Gasteiger partial charge in [-0.3, -0.25) is 18.7 Å². The van der Waals surface area contributed by atoms with Crippen LogP contribution in [0.25, 0.3) is 21.8 Å². The minimum Gasteiger partial charge on any atom is -0.422 e. The number of aryl methyl sites for hydroxylation is 3. The molecular weight excluding hydrogens is 719 g/mol. The lowest BCUT2D eigenvalue weighted by molar-refractivity contribution is -0.645. The molecule has 2 N–H and O–H groups in total. The van der Waals surface area contributed by atoms with Gasteiger partial charge < -0.3 is 14.5 Å². The highest BCUT2D eigenvalue weighted by molar-refractivity contribution is 7.86. The molecule has 0 atom stereocenters. The first-order valence-corrected chi connectivity index (χ1v) is 19.5. The van der Waals surface area contributed by atoms with E-state index in [9.17, 15) is 40.6 Å². The minimum absolute atomic E-state index is 0.0363. The van der Waals surface area contributed by atoms with Crippen molar-refractivity contribution in [2.24, 2.45) is 0 Å². The van der Waals surface area contributed by atoms with Crippen molar-refractivity contribution in [3.8, 4) is 5.75 Å². The van der Waals surface area contributed by atoms with Crippen molar-refractivity contribution in [2.75, 3.05) is 25.1 Å². The van der Waals surface area contributed by atoms with Crippen molar-refractivity contribution in [2.45, 2.75) is 52.6 Å². The summed E-state index contributed by atoms with van der Waals surface area (Å²) in [6, 6.07) is 15.3. The first-order valence-electron chi connectivity index (χ1n) is 16.3. The van der Waals surface area contributed by atoms with Gasteiger partial charge in [-0.05, 0) is 74.8 Å². The lowest BCUT2D eigenvalue weighted by atomic mass is 9.99. The number of hydroxylamine groups is 2. The van der Waals surface area contributed by atoms with E-state index in [0.717, 1.165) is 5.56 Å². The molecule has 0 saturated carbocycles. The number of rotatable bonds is 14. The fraction of sp³-hybridized carbons (Fsp3) is 0.343. The van der Waals surface area contributed by atoms with E-state index in [1.165, 1.54) is 12.1 Å². The summed E-state index contributed by atoms with van der Waals surface area (Å²) in [5.41, 5.74) is 2.99. The Balaban J connectivity index is 1.53. The topological polar surface area (TPSA) is 206 Å². The molecule has 0 bridgehead atoms. The standard InChI is InChI=1S/C35H37N3O12S2/c1-22-18-25(34(41)50-38-30(39)12-13-31(38)40)19-23(2)33(22)49-35(42)32-26-8-4-5-9-28(26)37(15-7-17-52(46,47)48)29-11-10-24(20-27(29)32)21-36(3)14-6-16-51(43,44)45/h4-5,8-11,18-20H,6-7,12-17,21H2,1-3H3,(H-,43,44,45,46,47,48)/p+1. The summed E-state index contributed by atoms with van der Waals surface area (Å²) in [4.78, 5) is 57.9. The average molecular weight is 757 g/mol. The zero-order valence-electron chi connectivity index (χ0n) is 28.7. The van der Waals surface area contributed by atoms with E-state index < -0.39 is 49.7 Å². The van der Waals surface area contributed by atoms with Gasteiger partial charge in [-0.15, -0.1) is 5.06 Å². The lowest BCUT2D eigenvalue weighted by Gasteiger charge is -2.18. The second-order valence-electron chi connectivity index (χ2n) is 12.7. The Kier molecular flexibility index (Phi) is 11.4. The maximum Gasteiger partial charge on any atom is 0.363 e. The van der Waals surface area contributed by atoms with Crippen LogP contribution in [0, 0.1) is 13.8 Å². The highest BCUT2D eigenvalue weighted by Gasteiger charge is 2.34. The van der Waals surface area contributed by atoms with E-state index in [-0.39, 0.29) is 54.9 Å². The average Bonchev–Trinajstić information content (AvgIpc) is 3.36. The fourth-order valence-electron chi connectivity index (χ4n) is 6.25. The molecule has 0 radical (unpaired) electrons. The van der Waals surface area contributed by atoms with Gasteiger partial charge in [0.05, 0.1) is 33.4 Å². The second kappa shape index (κ2) is 15.4. The number of carbonyl (C=O) groups excluding carboxylic acids is 4. The third kappa shape index (κ3) is 9.15. The van der Waals surface area contributed by atoms with Gasteiger partial charge in [-0.1, -0.05) is 18.2 Å². The number of hydrogen-bond donors (Lipinski definition) is 2. The summed E-state index contributed by atoms with van der Waals surface area (Å²) in [5, 5.41) is 1.43. The van der Waals surface area contributed by atoms with Gasteiger partial charge in [-0.25, -0.2) is 9.59 Å². The van der Waals surface area contributed by atoms with Crippen LogP contribution in [-0.2, 0) is 47.8 Å². The van der Waals surface area contributed by atoms with E-state index in [2.05, 4.69) is 0 Å². The van der Waals surface area contributed by atoms with Crippen LogP contribution < -0.4 is 9.30 Å². The van der Waals surface area contributed by atoms with Crippen LogP contribution in [0.15, 0.2) is 54.6 Å². The number of nitrogens with zero attached hydrogens (tertiary/aromatic N) is 3. The summed E-state index contributed by atoms with van der Waals surface area (Å²) in [6.07, 6.45) is 0.171. The molecule has 1 fully saturated rings. The number of benzene rings is 3. The van der Waals surface area contributed by atoms with Gasteiger partial charge in [0.15, 0.2) is 6.54 Å². The molecule has 3 aromatic carbocycles. The number of amides is 2. The quantitative estimate of drug-likeness (QED) is 0.0474. The first kappa shape index (κ1) is 38.4. The van der Waals surface area contributed by atoms with Crippen molar-refractivity contribution >= 4 is 65.8 Å². The maximum atomic E-state index is 14.3. The van der Waals surface area contributed by atoms with E-state index in [0.29, 0.717) is 51.1 Å². The Morgan fingerprint density at radius 2 is 1.42 bits per heavy atom. The van der Waals surface area contributed by atoms with Crippen molar-refractivity contribution in [1.82, 2.24) is 9.96 Å². The molecule has 1 aromatic heterocycles. The Morgan fingerprint density at radius 3 is 2.06 bits per heavy atom. The van der Waals surface area contributed by atoms with Crippen molar-refractivity contribution in [3.05, 3.63) is 82.4 Å². The molecule has 1 aliphatic rings. The van der Waals surface area contributed by atoms with Crippen LogP contribution in [0.1, 0.15) is 63.1 Å². The van der Waals surface area contributed by atoms with Crippen LogP contribution >= 0.6 is 0 Å². The van der Waals surface area contributed by atoms with Crippen LogP contribution in [0.4, 0.5) is 0 Å². The fourth-order valence-corrected chi connectivity index (χ4v) is 7.24. The molecule has 4 aromatic rings. The van der Waals surface area contributed by atoms with E-state index in [4.69, 9.17) is 14.1 Å². The summed E-state index contributed by atoms with van der Waals surface area (Å²) in [6.45, 7) is 4.14. The minimum atomic E-state index is -4.23. The third-order valence-corrected chi connectivity index (χ3v) is 10.1. The number of aromatic nitrogens is 1. The highest BCUT2D eigenvalue weighted by Crippen LogP contribution is 2.31. The zero-order chi connectivity index (χ0) is 38.0. The monoisotopic (exact) mass is 756 g/mol. The molecule has 1 saturated heterocycles.